The quantitative estimate of drug-likeness (QED) is 0.750. The van der Waals surface area contributed by atoms with Gasteiger partial charge in [0.25, 0.3) is 0 Å². The number of aromatic amines is 1. The first-order chi connectivity index (χ1) is 7.90. The summed E-state index contributed by atoms with van der Waals surface area (Å²) in [6, 6.07) is 0. The number of hydrogen-bond donors (Lipinski definition) is 2. The van der Waals surface area contributed by atoms with Crippen LogP contribution in [0.1, 0.15) is 62.9 Å². The second-order valence-corrected chi connectivity index (χ2v) is 4.81. The van der Waals surface area contributed by atoms with Crippen molar-refractivity contribution in [3.05, 3.63) is 17.7 Å². The first kappa shape index (κ1) is 11.6. The van der Waals surface area contributed by atoms with Gasteiger partial charge in [-0.1, -0.05) is 26.2 Å². The highest BCUT2D eigenvalue weighted by Gasteiger charge is 2.17. The third kappa shape index (κ3) is 3.08. The second kappa shape index (κ2) is 6.04. The fraction of sp³-hybridized carbons (Fsp3) is 0.769. The summed E-state index contributed by atoms with van der Waals surface area (Å²) in [7, 11) is 0. The van der Waals surface area contributed by atoms with Gasteiger partial charge in [-0.15, -0.1) is 0 Å². The van der Waals surface area contributed by atoms with E-state index < -0.39 is 0 Å². The van der Waals surface area contributed by atoms with E-state index in [-0.39, 0.29) is 0 Å². The zero-order valence-electron chi connectivity index (χ0n) is 10.3. The van der Waals surface area contributed by atoms with Gasteiger partial charge in [0, 0.05) is 24.4 Å². The fourth-order valence-electron chi connectivity index (χ4n) is 2.45. The molecular formula is C13H23N3. The van der Waals surface area contributed by atoms with Crippen LogP contribution in [0.4, 0.5) is 0 Å². The average molecular weight is 221 g/mol. The highest BCUT2D eigenvalue weighted by molar-refractivity contribution is 5.06. The lowest BCUT2D eigenvalue weighted by Crippen LogP contribution is -2.14. The molecule has 2 N–H and O–H groups in total. The highest BCUT2D eigenvalue weighted by atomic mass is 15.0. The van der Waals surface area contributed by atoms with Crippen molar-refractivity contribution in [1.29, 1.82) is 0 Å². The summed E-state index contributed by atoms with van der Waals surface area (Å²) in [5, 5.41) is 3.40. The van der Waals surface area contributed by atoms with Crippen LogP contribution in [0, 0.1) is 0 Å². The molecule has 1 fully saturated rings. The molecule has 3 nitrogen and oxygen atoms in total. The van der Waals surface area contributed by atoms with Crippen LogP contribution in [0.3, 0.4) is 0 Å². The molecule has 0 atom stereocenters. The van der Waals surface area contributed by atoms with Gasteiger partial charge in [0.05, 0.1) is 0 Å². The molecule has 0 spiro atoms. The Morgan fingerprint density at radius 2 is 2.19 bits per heavy atom. The topological polar surface area (TPSA) is 40.7 Å². The summed E-state index contributed by atoms with van der Waals surface area (Å²) in [5.41, 5.74) is 1.23. The molecule has 1 aliphatic rings. The Kier molecular flexibility index (Phi) is 4.40. The zero-order valence-corrected chi connectivity index (χ0v) is 10.3. The van der Waals surface area contributed by atoms with Gasteiger partial charge in [0.15, 0.2) is 0 Å². The number of rotatable bonds is 5. The summed E-state index contributed by atoms with van der Waals surface area (Å²) in [5.74, 6) is 1.90. The van der Waals surface area contributed by atoms with E-state index in [1.807, 2.05) is 6.20 Å². The Morgan fingerprint density at radius 1 is 1.38 bits per heavy atom. The molecule has 0 unspecified atom stereocenters. The predicted molar refractivity (Wildman–Crippen MR) is 66.4 cm³/mol. The molecule has 0 amide bonds. The molecule has 2 rings (SSSR count). The predicted octanol–water partition coefficient (Wildman–Crippen LogP) is 2.96. The van der Waals surface area contributed by atoms with E-state index in [4.69, 9.17) is 0 Å². The van der Waals surface area contributed by atoms with Crippen LogP contribution < -0.4 is 5.32 Å². The highest BCUT2D eigenvalue weighted by Crippen LogP contribution is 2.30. The molecule has 0 aromatic carbocycles. The van der Waals surface area contributed by atoms with Crippen LogP contribution in [-0.2, 0) is 6.54 Å². The maximum absolute atomic E-state index is 4.52. The fourth-order valence-corrected chi connectivity index (χ4v) is 2.45. The molecule has 0 aliphatic heterocycles. The maximum atomic E-state index is 4.52. The van der Waals surface area contributed by atoms with Gasteiger partial charge in [-0.25, -0.2) is 4.98 Å². The Balaban J connectivity index is 1.85. The standard InChI is InChI=1S/C13H23N3/c1-2-8-14-9-12-10-15-13(16-12)11-6-4-3-5-7-11/h10-11,14H,2-9H2,1H3,(H,15,16). The normalized spacial score (nSPS) is 17.8. The SMILES string of the molecule is CCCNCc1cnc(C2CCCCC2)[nH]1. The number of aromatic nitrogens is 2. The van der Waals surface area contributed by atoms with E-state index in [0.29, 0.717) is 5.92 Å². The van der Waals surface area contributed by atoms with Crippen LogP contribution in [0.25, 0.3) is 0 Å². The third-order valence-electron chi connectivity index (χ3n) is 3.38. The summed E-state index contributed by atoms with van der Waals surface area (Å²) < 4.78 is 0. The number of nitrogens with zero attached hydrogens (tertiary/aromatic N) is 1. The van der Waals surface area contributed by atoms with E-state index in [1.165, 1.54) is 50.0 Å². The second-order valence-electron chi connectivity index (χ2n) is 4.81. The summed E-state index contributed by atoms with van der Waals surface area (Å²) >= 11 is 0. The largest absolute Gasteiger partial charge is 0.345 e. The molecule has 3 heteroatoms. The van der Waals surface area contributed by atoms with Crippen LogP contribution in [0.2, 0.25) is 0 Å². The van der Waals surface area contributed by atoms with Crippen molar-refractivity contribution in [1.82, 2.24) is 15.3 Å². The number of hydrogen-bond acceptors (Lipinski definition) is 2. The van der Waals surface area contributed by atoms with Crippen molar-refractivity contribution in [3.63, 3.8) is 0 Å². The average Bonchev–Trinajstić information content (AvgIpc) is 2.79. The number of nitrogens with one attached hydrogen (secondary N) is 2. The van der Waals surface area contributed by atoms with Crippen LogP contribution in [0.5, 0.6) is 0 Å². The van der Waals surface area contributed by atoms with E-state index in [0.717, 1.165) is 13.1 Å². The van der Waals surface area contributed by atoms with Crippen molar-refractivity contribution < 1.29 is 0 Å². The minimum atomic E-state index is 0.689. The Morgan fingerprint density at radius 3 is 2.94 bits per heavy atom. The summed E-state index contributed by atoms with van der Waals surface area (Å²) in [6.07, 6.45) is 9.95. The van der Waals surface area contributed by atoms with Gasteiger partial charge in [-0.3, -0.25) is 0 Å². The number of imidazole rings is 1. The van der Waals surface area contributed by atoms with E-state index in [1.54, 1.807) is 0 Å². The van der Waals surface area contributed by atoms with Crippen molar-refractivity contribution >= 4 is 0 Å². The monoisotopic (exact) mass is 221 g/mol. The molecule has 0 bridgehead atoms. The summed E-state index contributed by atoms with van der Waals surface area (Å²) in [6.45, 7) is 4.19. The minimum absolute atomic E-state index is 0.689. The molecule has 16 heavy (non-hydrogen) atoms. The van der Waals surface area contributed by atoms with Crippen LogP contribution in [0.15, 0.2) is 6.20 Å². The van der Waals surface area contributed by atoms with Gasteiger partial charge in [-0.2, -0.15) is 0 Å². The lowest BCUT2D eigenvalue weighted by molar-refractivity contribution is 0.430. The molecule has 1 heterocycles. The molecule has 90 valence electrons. The minimum Gasteiger partial charge on any atom is -0.345 e. The van der Waals surface area contributed by atoms with E-state index in [9.17, 15) is 0 Å². The van der Waals surface area contributed by atoms with Crippen molar-refractivity contribution in [2.45, 2.75) is 57.9 Å². The molecule has 0 saturated heterocycles. The van der Waals surface area contributed by atoms with E-state index >= 15 is 0 Å². The van der Waals surface area contributed by atoms with Crippen molar-refractivity contribution in [2.24, 2.45) is 0 Å². The van der Waals surface area contributed by atoms with Gasteiger partial charge in [0.1, 0.15) is 5.82 Å². The molecule has 0 radical (unpaired) electrons. The first-order valence-corrected chi connectivity index (χ1v) is 6.64. The molecule has 1 aliphatic carbocycles. The van der Waals surface area contributed by atoms with Crippen molar-refractivity contribution in [2.75, 3.05) is 6.54 Å². The zero-order chi connectivity index (χ0) is 11.2. The van der Waals surface area contributed by atoms with E-state index in [2.05, 4.69) is 22.2 Å². The molecular weight excluding hydrogens is 198 g/mol. The Bertz CT molecular complexity index is 300. The van der Waals surface area contributed by atoms with Crippen LogP contribution >= 0.6 is 0 Å². The van der Waals surface area contributed by atoms with Gasteiger partial charge < -0.3 is 10.3 Å². The van der Waals surface area contributed by atoms with Gasteiger partial charge in [-0.05, 0) is 25.8 Å². The lowest BCUT2D eigenvalue weighted by Gasteiger charge is -2.19. The third-order valence-corrected chi connectivity index (χ3v) is 3.38. The molecule has 1 aromatic rings. The van der Waals surface area contributed by atoms with Gasteiger partial charge in [0.2, 0.25) is 0 Å². The van der Waals surface area contributed by atoms with Crippen molar-refractivity contribution in [3.8, 4) is 0 Å². The maximum Gasteiger partial charge on any atom is 0.109 e. The molecule has 1 aromatic heterocycles. The Hall–Kier alpha value is -0.830. The molecule has 1 saturated carbocycles. The smallest absolute Gasteiger partial charge is 0.109 e. The van der Waals surface area contributed by atoms with Crippen LogP contribution in [-0.4, -0.2) is 16.5 Å². The Labute approximate surface area is 98.1 Å². The summed E-state index contributed by atoms with van der Waals surface area (Å²) in [4.78, 5) is 7.99. The lowest BCUT2D eigenvalue weighted by atomic mass is 9.89. The van der Waals surface area contributed by atoms with Gasteiger partial charge >= 0.3 is 0 Å². The first-order valence-electron chi connectivity index (χ1n) is 6.64. The number of H-pyrrole nitrogens is 1.